The molecule has 1 heterocycles. The van der Waals surface area contributed by atoms with E-state index in [1.807, 2.05) is 0 Å². The van der Waals surface area contributed by atoms with E-state index < -0.39 is 0 Å². The van der Waals surface area contributed by atoms with Gasteiger partial charge in [0, 0.05) is 19.5 Å². The van der Waals surface area contributed by atoms with Crippen LogP contribution in [0.2, 0.25) is 0 Å². The maximum absolute atomic E-state index is 12.8. The second-order valence-electron chi connectivity index (χ2n) is 6.49. The quantitative estimate of drug-likeness (QED) is 0.575. The zero-order chi connectivity index (χ0) is 19.2. The molecule has 6 heteroatoms. The molecule has 0 bridgehead atoms. The molecule has 1 N–H and O–H groups in total. The number of amides is 3. The van der Waals surface area contributed by atoms with Gasteiger partial charge in [-0.15, -0.1) is 0 Å². The van der Waals surface area contributed by atoms with Crippen molar-refractivity contribution in [3.8, 4) is 0 Å². The molecular formula is C21H21FN2O3. The summed E-state index contributed by atoms with van der Waals surface area (Å²) in [6.07, 6.45) is 2.59. The van der Waals surface area contributed by atoms with Crippen LogP contribution in [0.3, 0.4) is 0 Å². The number of rotatable bonds is 8. The molecular weight excluding hydrogens is 347 g/mol. The van der Waals surface area contributed by atoms with Crippen LogP contribution in [0.15, 0.2) is 48.5 Å². The lowest BCUT2D eigenvalue weighted by Crippen LogP contribution is -2.34. The Morgan fingerprint density at radius 1 is 0.926 bits per heavy atom. The van der Waals surface area contributed by atoms with Gasteiger partial charge in [0.25, 0.3) is 11.8 Å². The molecule has 2 aromatic carbocycles. The first-order valence-corrected chi connectivity index (χ1v) is 9.02. The summed E-state index contributed by atoms with van der Waals surface area (Å²) in [5.41, 5.74) is 1.85. The van der Waals surface area contributed by atoms with Crippen LogP contribution in [0.4, 0.5) is 4.39 Å². The number of nitrogens with zero attached hydrogens (tertiary/aromatic N) is 1. The van der Waals surface area contributed by atoms with Crippen LogP contribution in [-0.2, 0) is 11.2 Å². The second-order valence-corrected chi connectivity index (χ2v) is 6.49. The highest BCUT2D eigenvalue weighted by atomic mass is 19.1. The van der Waals surface area contributed by atoms with Gasteiger partial charge >= 0.3 is 0 Å². The van der Waals surface area contributed by atoms with Crippen molar-refractivity contribution >= 4 is 17.7 Å². The number of aryl methyl sites for hydroxylation is 1. The van der Waals surface area contributed by atoms with Crippen molar-refractivity contribution in [2.24, 2.45) is 0 Å². The number of hydrogen-bond donors (Lipinski definition) is 1. The zero-order valence-corrected chi connectivity index (χ0v) is 14.9. The van der Waals surface area contributed by atoms with E-state index in [0.717, 1.165) is 29.7 Å². The third kappa shape index (κ3) is 4.58. The Balaban J connectivity index is 1.35. The van der Waals surface area contributed by atoms with Gasteiger partial charge < -0.3 is 5.32 Å². The molecule has 1 aliphatic rings. The van der Waals surface area contributed by atoms with Crippen LogP contribution in [0.25, 0.3) is 0 Å². The molecule has 0 atom stereocenters. The fourth-order valence-electron chi connectivity index (χ4n) is 3.08. The standard InChI is InChI=1S/C21H21FN2O3/c22-16-10-8-15(9-11-16)5-3-4-13-23-19(25)12-14-24-20(26)17-6-1-2-7-18(17)21(24)27/h1-2,6-11H,3-5,12-14H2,(H,23,25). The first-order valence-electron chi connectivity index (χ1n) is 9.02. The average Bonchev–Trinajstić information content (AvgIpc) is 2.92. The van der Waals surface area contributed by atoms with Gasteiger partial charge in [-0.05, 0) is 49.1 Å². The lowest BCUT2D eigenvalue weighted by Gasteiger charge is -2.13. The summed E-state index contributed by atoms with van der Waals surface area (Å²) >= 11 is 0. The summed E-state index contributed by atoms with van der Waals surface area (Å²) < 4.78 is 12.8. The number of nitrogens with one attached hydrogen (secondary N) is 1. The lowest BCUT2D eigenvalue weighted by atomic mass is 10.1. The molecule has 0 saturated carbocycles. The Hall–Kier alpha value is -3.02. The fourth-order valence-corrected chi connectivity index (χ4v) is 3.08. The first kappa shape index (κ1) is 18.8. The molecule has 3 amide bonds. The van der Waals surface area contributed by atoms with Gasteiger partial charge in [-0.1, -0.05) is 24.3 Å². The number of imide groups is 1. The maximum atomic E-state index is 12.8. The SMILES string of the molecule is O=C(CCN1C(=O)c2ccccc2C1=O)NCCCCc1ccc(F)cc1. The van der Waals surface area contributed by atoms with Crippen LogP contribution < -0.4 is 5.32 Å². The van der Waals surface area contributed by atoms with Crippen molar-refractivity contribution in [3.05, 3.63) is 71.0 Å². The lowest BCUT2D eigenvalue weighted by molar-refractivity contribution is -0.121. The van der Waals surface area contributed by atoms with E-state index in [1.165, 1.54) is 12.1 Å². The molecule has 0 unspecified atom stereocenters. The minimum Gasteiger partial charge on any atom is -0.356 e. The van der Waals surface area contributed by atoms with Crippen molar-refractivity contribution in [2.75, 3.05) is 13.1 Å². The third-order valence-corrected chi connectivity index (χ3v) is 4.57. The smallest absolute Gasteiger partial charge is 0.261 e. The van der Waals surface area contributed by atoms with E-state index in [0.29, 0.717) is 17.7 Å². The molecule has 0 saturated heterocycles. The fraction of sp³-hybridized carbons (Fsp3) is 0.286. The molecule has 0 radical (unpaired) electrons. The number of hydrogen-bond acceptors (Lipinski definition) is 3. The minimum atomic E-state index is -0.345. The zero-order valence-electron chi connectivity index (χ0n) is 14.9. The number of carbonyl (C=O) groups excluding carboxylic acids is 3. The van der Waals surface area contributed by atoms with E-state index in [4.69, 9.17) is 0 Å². The van der Waals surface area contributed by atoms with Gasteiger partial charge in [0.05, 0.1) is 11.1 Å². The second kappa shape index (κ2) is 8.58. The number of benzene rings is 2. The summed E-state index contributed by atoms with van der Waals surface area (Å²) in [6, 6.07) is 13.1. The maximum Gasteiger partial charge on any atom is 0.261 e. The van der Waals surface area contributed by atoms with Gasteiger partial charge in [-0.3, -0.25) is 19.3 Å². The Kier molecular flexibility index (Phi) is 5.96. The topological polar surface area (TPSA) is 66.5 Å². The summed E-state index contributed by atoms with van der Waals surface area (Å²) in [6.45, 7) is 0.607. The van der Waals surface area contributed by atoms with Crippen LogP contribution in [0, 0.1) is 5.82 Å². The van der Waals surface area contributed by atoms with E-state index in [1.54, 1.807) is 36.4 Å². The van der Waals surface area contributed by atoms with Gasteiger partial charge in [-0.2, -0.15) is 0 Å². The molecule has 2 aromatic rings. The van der Waals surface area contributed by atoms with Crippen molar-refractivity contribution in [2.45, 2.75) is 25.7 Å². The van der Waals surface area contributed by atoms with Crippen LogP contribution in [0.1, 0.15) is 45.5 Å². The summed E-state index contributed by atoms with van der Waals surface area (Å²) in [4.78, 5) is 37.5. The molecule has 140 valence electrons. The number of carbonyl (C=O) groups is 3. The molecule has 5 nitrogen and oxygen atoms in total. The monoisotopic (exact) mass is 368 g/mol. The highest BCUT2D eigenvalue weighted by molar-refractivity contribution is 6.21. The number of halogens is 1. The van der Waals surface area contributed by atoms with Crippen molar-refractivity contribution in [3.63, 3.8) is 0 Å². The van der Waals surface area contributed by atoms with Crippen molar-refractivity contribution in [1.29, 1.82) is 0 Å². The number of fused-ring (bicyclic) bond motifs is 1. The summed E-state index contributed by atoms with van der Waals surface area (Å²) in [5.74, 6) is -1.12. The van der Waals surface area contributed by atoms with E-state index in [-0.39, 0.29) is 36.5 Å². The Labute approximate surface area is 157 Å². The summed E-state index contributed by atoms with van der Waals surface area (Å²) in [7, 11) is 0. The first-order chi connectivity index (χ1) is 13.1. The average molecular weight is 368 g/mol. The van der Waals surface area contributed by atoms with Crippen LogP contribution in [0.5, 0.6) is 0 Å². The van der Waals surface area contributed by atoms with E-state index >= 15 is 0 Å². The molecule has 3 rings (SSSR count). The molecule has 1 aliphatic heterocycles. The highest BCUT2D eigenvalue weighted by Gasteiger charge is 2.34. The summed E-state index contributed by atoms with van der Waals surface area (Å²) in [5, 5.41) is 2.80. The van der Waals surface area contributed by atoms with E-state index in [9.17, 15) is 18.8 Å². The minimum absolute atomic E-state index is 0.0771. The van der Waals surface area contributed by atoms with Crippen molar-refractivity contribution < 1.29 is 18.8 Å². The molecule has 0 aliphatic carbocycles. The highest BCUT2D eigenvalue weighted by Crippen LogP contribution is 2.22. The van der Waals surface area contributed by atoms with Gasteiger partial charge in [-0.25, -0.2) is 4.39 Å². The molecule has 0 aromatic heterocycles. The number of unbranched alkanes of at least 4 members (excludes halogenated alkanes) is 1. The Morgan fingerprint density at radius 3 is 2.19 bits per heavy atom. The molecule has 0 fully saturated rings. The Bertz CT molecular complexity index is 814. The van der Waals surface area contributed by atoms with Gasteiger partial charge in [0.1, 0.15) is 5.82 Å². The normalized spacial score (nSPS) is 13.0. The van der Waals surface area contributed by atoms with Crippen LogP contribution >= 0.6 is 0 Å². The van der Waals surface area contributed by atoms with Crippen LogP contribution in [-0.4, -0.2) is 35.7 Å². The van der Waals surface area contributed by atoms with Crippen molar-refractivity contribution in [1.82, 2.24) is 10.2 Å². The van der Waals surface area contributed by atoms with Gasteiger partial charge in [0.15, 0.2) is 0 Å². The molecule has 0 spiro atoms. The van der Waals surface area contributed by atoms with E-state index in [2.05, 4.69) is 5.32 Å². The Morgan fingerprint density at radius 2 is 1.56 bits per heavy atom. The predicted molar refractivity (Wildman–Crippen MR) is 98.8 cm³/mol. The predicted octanol–water partition coefficient (Wildman–Crippen LogP) is 2.95. The van der Waals surface area contributed by atoms with Gasteiger partial charge in [0.2, 0.25) is 5.91 Å². The largest absolute Gasteiger partial charge is 0.356 e. The third-order valence-electron chi connectivity index (χ3n) is 4.57. The molecule has 27 heavy (non-hydrogen) atoms.